The van der Waals surface area contributed by atoms with E-state index in [0.29, 0.717) is 34.1 Å². The first-order chi connectivity index (χ1) is 12.8. The average molecular weight is 372 g/mol. The largest absolute Gasteiger partial charge is 0.493 e. The summed E-state index contributed by atoms with van der Waals surface area (Å²) in [5.41, 5.74) is 1.07. The van der Waals surface area contributed by atoms with E-state index in [1.54, 1.807) is 25.1 Å². The maximum atomic E-state index is 12.5. The molecule has 0 aliphatic heterocycles. The molecule has 142 valence electrons. The van der Waals surface area contributed by atoms with Crippen LogP contribution in [-0.4, -0.2) is 38.2 Å². The molecule has 0 spiro atoms. The van der Waals surface area contributed by atoms with Crippen LogP contribution in [0.1, 0.15) is 33.4 Å². The summed E-state index contributed by atoms with van der Waals surface area (Å²) in [6, 6.07) is 5.04. The Bertz CT molecular complexity index is 913. The third-order valence-corrected chi connectivity index (χ3v) is 4.74. The summed E-state index contributed by atoms with van der Waals surface area (Å²) in [6.07, 6.45) is 0. The molecule has 7 heteroatoms. The van der Waals surface area contributed by atoms with Crippen molar-refractivity contribution in [3.8, 4) is 17.2 Å². The second kappa shape index (κ2) is 6.83. The molecule has 0 amide bonds. The van der Waals surface area contributed by atoms with Gasteiger partial charge in [-0.3, -0.25) is 9.59 Å². The second-order valence-electron chi connectivity index (χ2n) is 6.25. The van der Waals surface area contributed by atoms with E-state index in [4.69, 9.17) is 18.6 Å². The van der Waals surface area contributed by atoms with Crippen molar-refractivity contribution in [2.24, 2.45) is 5.92 Å². The predicted octanol–water partition coefficient (Wildman–Crippen LogP) is 3.20. The second-order valence-corrected chi connectivity index (χ2v) is 6.25. The molecule has 0 fully saturated rings. The third-order valence-electron chi connectivity index (χ3n) is 4.74. The average Bonchev–Trinajstić information content (AvgIpc) is 3.04. The molecule has 1 N–H and O–H groups in total. The van der Waals surface area contributed by atoms with Gasteiger partial charge in [0, 0.05) is 17.1 Å². The Kier molecular flexibility index (Phi) is 4.70. The number of carbonyl (C=O) groups excluding carboxylic acids is 1. The van der Waals surface area contributed by atoms with Gasteiger partial charge < -0.3 is 23.7 Å². The summed E-state index contributed by atoms with van der Waals surface area (Å²) in [7, 11) is 4.44. The Morgan fingerprint density at radius 3 is 2.19 bits per heavy atom. The Balaban J connectivity index is 2.29. The topological polar surface area (TPSA) is 95.2 Å². The Morgan fingerprint density at radius 1 is 1.11 bits per heavy atom. The number of ketones is 1. The first-order valence-electron chi connectivity index (χ1n) is 8.20. The zero-order valence-corrected chi connectivity index (χ0v) is 15.5. The monoisotopic (exact) mass is 372 g/mol. The Labute approximate surface area is 156 Å². The van der Waals surface area contributed by atoms with E-state index in [1.165, 1.54) is 21.3 Å². The molecule has 0 unspecified atom stereocenters. The molecule has 27 heavy (non-hydrogen) atoms. The standard InChI is InChI=1S/C20H20O7/c1-9-6-12-16(15(20(22)23)10(2)17(21)18(12)27-9)11-7-13(24-3)19(26-5)14(8-11)25-4/h6-8,15-16H,2H2,1,3-5H3,(H,22,23)/t15-,16-/m1/s1. The van der Waals surface area contributed by atoms with Crippen LogP contribution in [0.3, 0.4) is 0 Å². The number of ether oxygens (including phenoxy) is 3. The number of hydrogen-bond acceptors (Lipinski definition) is 6. The zero-order valence-electron chi connectivity index (χ0n) is 15.5. The Hall–Kier alpha value is -3.22. The van der Waals surface area contributed by atoms with Gasteiger partial charge in [0.25, 0.3) is 0 Å². The van der Waals surface area contributed by atoms with E-state index in [0.717, 1.165) is 0 Å². The molecule has 1 aromatic heterocycles. The van der Waals surface area contributed by atoms with Crippen LogP contribution in [0.5, 0.6) is 17.2 Å². The Morgan fingerprint density at radius 2 is 1.70 bits per heavy atom. The van der Waals surface area contributed by atoms with E-state index in [2.05, 4.69) is 6.58 Å². The number of carboxylic acid groups (broad SMARTS) is 1. The predicted molar refractivity (Wildman–Crippen MR) is 96.0 cm³/mol. The summed E-state index contributed by atoms with van der Waals surface area (Å²) in [5, 5.41) is 9.81. The zero-order chi connectivity index (χ0) is 19.9. The van der Waals surface area contributed by atoms with Gasteiger partial charge >= 0.3 is 5.97 Å². The number of Topliss-reactive ketones (excluding diaryl/α,β-unsaturated/α-hetero) is 1. The van der Waals surface area contributed by atoms with Crippen LogP contribution in [0.2, 0.25) is 0 Å². The molecule has 2 aromatic rings. The summed E-state index contributed by atoms with van der Waals surface area (Å²) in [5.74, 6) is -1.65. The fraction of sp³-hybridized carbons (Fsp3) is 0.300. The number of furan rings is 1. The molecule has 2 atom stereocenters. The molecule has 0 radical (unpaired) electrons. The lowest BCUT2D eigenvalue weighted by Crippen LogP contribution is -2.32. The summed E-state index contributed by atoms with van der Waals surface area (Å²) in [4.78, 5) is 24.6. The number of carbonyl (C=O) groups is 2. The fourth-order valence-corrected chi connectivity index (χ4v) is 3.55. The number of hydrogen-bond donors (Lipinski definition) is 1. The van der Waals surface area contributed by atoms with E-state index in [-0.39, 0.29) is 11.3 Å². The van der Waals surface area contributed by atoms with Crippen LogP contribution in [0.25, 0.3) is 0 Å². The van der Waals surface area contributed by atoms with Crippen molar-refractivity contribution in [1.82, 2.24) is 0 Å². The fourth-order valence-electron chi connectivity index (χ4n) is 3.55. The van der Waals surface area contributed by atoms with Crippen LogP contribution in [-0.2, 0) is 4.79 Å². The van der Waals surface area contributed by atoms with Crippen LogP contribution >= 0.6 is 0 Å². The van der Waals surface area contributed by atoms with Crippen molar-refractivity contribution >= 4 is 11.8 Å². The van der Waals surface area contributed by atoms with E-state index in [9.17, 15) is 14.7 Å². The summed E-state index contributed by atoms with van der Waals surface area (Å²) < 4.78 is 21.6. The van der Waals surface area contributed by atoms with Gasteiger partial charge in [0.05, 0.1) is 27.2 Å². The number of benzene rings is 1. The minimum Gasteiger partial charge on any atom is -0.493 e. The number of aliphatic carboxylic acids is 1. The lowest BCUT2D eigenvalue weighted by atomic mass is 9.71. The van der Waals surface area contributed by atoms with Crippen LogP contribution in [0.15, 0.2) is 34.8 Å². The van der Waals surface area contributed by atoms with Crippen molar-refractivity contribution in [2.45, 2.75) is 12.8 Å². The lowest BCUT2D eigenvalue weighted by molar-refractivity contribution is -0.140. The molecule has 3 rings (SSSR count). The van der Waals surface area contributed by atoms with Gasteiger partial charge in [0.2, 0.25) is 11.5 Å². The maximum absolute atomic E-state index is 12.5. The highest BCUT2D eigenvalue weighted by Crippen LogP contribution is 2.48. The van der Waals surface area contributed by atoms with Crippen LogP contribution in [0, 0.1) is 12.8 Å². The highest BCUT2D eigenvalue weighted by molar-refractivity contribution is 6.12. The van der Waals surface area contributed by atoms with Gasteiger partial charge in [0.1, 0.15) is 5.76 Å². The number of fused-ring (bicyclic) bond motifs is 1. The van der Waals surface area contributed by atoms with Crippen molar-refractivity contribution < 1.29 is 33.3 Å². The van der Waals surface area contributed by atoms with Gasteiger partial charge in [-0.25, -0.2) is 0 Å². The highest BCUT2D eigenvalue weighted by Gasteiger charge is 2.45. The van der Waals surface area contributed by atoms with Gasteiger partial charge in [-0.15, -0.1) is 0 Å². The lowest BCUT2D eigenvalue weighted by Gasteiger charge is -2.30. The van der Waals surface area contributed by atoms with Crippen LogP contribution < -0.4 is 14.2 Å². The maximum Gasteiger partial charge on any atom is 0.312 e. The third kappa shape index (κ3) is 2.85. The minimum absolute atomic E-state index is 0.0249. The molecular weight excluding hydrogens is 352 g/mol. The number of methoxy groups -OCH3 is 3. The highest BCUT2D eigenvalue weighted by atomic mass is 16.5. The molecule has 1 aliphatic carbocycles. The first kappa shape index (κ1) is 18.6. The van der Waals surface area contributed by atoms with Gasteiger partial charge in [0.15, 0.2) is 17.3 Å². The molecule has 0 saturated carbocycles. The van der Waals surface area contributed by atoms with Gasteiger partial charge in [-0.1, -0.05) is 6.58 Å². The molecule has 1 aromatic carbocycles. The van der Waals surface area contributed by atoms with E-state index < -0.39 is 23.6 Å². The SMILES string of the molecule is C=C1C(=O)c2oc(C)cc2[C@@H](c2cc(OC)c(OC)c(OC)c2)[C@@H]1C(=O)O. The van der Waals surface area contributed by atoms with E-state index in [1.807, 2.05) is 0 Å². The quantitative estimate of drug-likeness (QED) is 0.805. The summed E-state index contributed by atoms with van der Waals surface area (Å²) >= 11 is 0. The normalized spacial score (nSPS) is 18.8. The van der Waals surface area contributed by atoms with Crippen LogP contribution in [0.4, 0.5) is 0 Å². The smallest absolute Gasteiger partial charge is 0.312 e. The number of carboxylic acids is 1. The number of rotatable bonds is 5. The molecule has 1 aliphatic rings. The molecule has 0 bridgehead atoms. The molecular formula is C20H20O7. The molecule has 1 heterocycles. The molecule has 7 nitrogen and oxygen atoms in total. The van der Waals surface area contributed by atoms with Gasteiger partial charge in [-0.2, -0.15) is 0 Å². The van der Waals surface area contributed by atoms with Crippen molar-refractivity contribution in [3.63, 3.8) is 0 Å². The van der Waals surface area contributed by atoms with Crippen molar-refractivity contribution in [1.29, 1.82) is 0 Å². The summed E-state index contributed by atoms with van der Waals surface area (Å²) in [6.45, 7) is 5.43. The van der Waals surface area contributed by atoms with Crippen molar-refractivity contribution in [3.05, 3.63) is 53.0 Å². The number of aryl methyl sites for hydroxylation is 1. The minimum atomic E-state index is -1.14. The molecule has 0 saturated heterocycles. The van der Waals surface area contributed by atoms with Crippen molar-refractivity contribution in [2.75, 3.05) is 21.3 Å². The van der Waals surface area contributed by atoms with E-state index >= 15 is 0 Å². The first-order valence-corrected chi connectivity index (χ1v) is 8.20. The van der Waals surface area contributed by atoms with Gasteiger partial charge in [-0.05, 0) is 30.7 Å².